The van der Waals surface area contributed by atoms with Crippen LogP contribution in [0.25, 0.3) is 0 Å². The summed E-state index contributed by atoms with van der Waals surface area (Å²) in [4.78, 5) is 74.9. The largest absolute Gasteiger partial charge is 0.487 e. The van der Waals surface area contributed by atoms with Crippen molar-refractivity contribution >= 4 is 41.2 Å². The van der Waals surface area contributed by atoms with E-state index in [0.717, 1.165) is 59.7 Å². The number of hydrogen-bond donors (Lipinski definition) is 2. The van der Waals surface area contributed by atoms with Crippen molar-refractivity contribution in [3.8, 4) is 11.5 Å². The normalized spacial score (nSPS) is 18.8. The first kappa shape index (κ1) is 34.9. The Kier molecular flexibility index (Phi) is 8.84. The summed E-state index contributed by atoms with van der Waals surface area (Å²) in [6.07, 6.45) is 1.86. The van der Waals surface area contributed by atoms with Crippen LogP contribution in [0.2, 0.25) is 0 Å². The molecule has 4 aromatic rings. The maximum absolute atomic E-state index is 13.1. The predicted octanol–water partition coefficient (Wildman–Crippen LogP) is 3.64. The van der Waals surface area contributed by atoms with Crippen LogP contribution in [0.5, 0.6) is 11.5 Å². The summed E-state index contributed by atoms with van der Waals surface area (Å²) < 4.78 is 17.2. The zero-order valence-corrected chi connectivity index (χ0v) is 29.8. The number of carbonyl (C=O) groups is 5. The Morgan fingerprint density at radius 1 is 0.907 bits per heavy atom. The van der Waals surface area contributed by atoms with Gasteiger partial charge in [-0.15, -0.1) is 0 Å². The molecule has 0 radical (unpaired) electrons. The molecule has 4 aliphatic heterocycles. The van der Waals surface area contributed by atoms with Gasteiger partial charge in [0.2, 0.25) is 17.8 Å². The Labute approximate surface area is 310 Å². The Morgan fingerprint density at radius 3 is 2.22 bits per heavy atom. The number of rotatable bonds is 11. The van der Waals surface area contributed by atoms with Gasteiger partial charge in [-0.2, -0.15) is 0 Å². The molecule has 4 aliphatic rings. The molecule has 5 amide bonds. The van der Waals surface area contributed by atoms with Gasteiger partial charge in [0.15, 0.2) is 6.61 Å². The molecule has 1 unspecified atom stereocenters. The predicted molar refractivity (Wildman–Crippen MR) is 194 cm³/mol. The summed E-state index contributed by atoms with van der Waals surface area (Å²) in [7, 11) is 0. The highest BCUT2D eigenvalue weighted by Gasteiger charge is 2.50. The first-order valence-corrected chi connectivity index (χ1v) is 17.7. The maximum atomic E-state index is 13.1. The van der Waals surface area contributed by atoms with Gasteiger partial charge in [0.25, 0.3) is 17.7 Å². The number of amides is 5. The van der Waals surface area contributed by atoms with Crippen LogP contribution < -0.4 is 25.0 Å². The molecular weight excluding hydrogens is 692 g/mol. The molecule has 3 fully saturated rings. The third-order valence-corrected chi connectivity index (χ3v) is 10.5. The topological polar surface area (TPSA) is 169 Å². The summed E-state index contributed by atoms with van der Waals surface area (Å²) in [5, 5.41) is 4.86. The Bertz CT molecular complexity index is 2160. The molecule has 0 saturated carbocycles. The number of aromatic nitrogens is 2. The smallest absolute Gasteiger partial charge is 0.262 e. The quantitative estimate of drug-likeness (QED) is 0.216. The van der Waals surface area contributed by atoms with Crippen LogP contribution in [-0.2, 0) is 31.1 Å². The number of benzene rings is 3. The van der Waals surface area contributed by atoms with Crippen molar-refractivity contribution in [3.63, 3.8) is 0 Å². The van der Waals surface area contributed by atoms with Gasteiger partial charge < -0.3 is 24.4 Å². The highest BCUT2D eigenvalue weighted by molar-refractivity contribution is 6.24. The van der Waals surface area contributed by atoms with E-state index in [2.05, 4.69) is 34.4 Å². The van der Waals surface area contributed by atoms with E-state index in [9.17, 15) is 24.0 Å². The first-order valence-electron chi connectivity index (χ1n) is 17.7. The molecular formula is C40H38N6O8. The molecule has 54 heavy (non-hydrogen) atoms. The van der Waals surface area contributed by atoms with Crippen molar-refractivity contribution < 1.29 is 38.2 Å². The van der Waals surface area contributed by atoms with Crippen LogP contribution in [0.15, 0.2) is 79.0 Å². The van der Waals surface area contributed by atoms with Gasteiger partial charge in [0, 0.05) is 36.8 Å². The first-order chi connectivity index (χ1) is 26.0. The van der Waals surface area contributed by atoms with Crippen LogP contribution in [0.4, 0.5) is 11.6 Å². The number of hydrogen-bond acceptors (Lipinski definition) is 11. The fraction of sp³-hybridized carbons (Fsp3) is 0.325. The molecule has 0 aliphatic carbocycles. The fourth-order valence-corrected chi connectivity index (χ4v) is 7.25. The second-order valence-electron chi connectivity index (χ2n) is 14.7. The van der Waals surface area contributed by atoms with Gasteiger partial charge in [0.1, 0.15) is 24.1 Å². The number of nitrogens with zero attached hydrogens (tertiary/aromatic N) is 4. The number of carbonyl (C=O) groups excluding carboxylic acids is 5. The molecule has 2 N–H and O–H groups in total. The number of piperidine rings is 1. The molecule has 14 heteroatoms. The number of ether oxygens (including phenoxy) is 3. The average Bonchev–Trinajstić information content (AvgIpc) is 3.37. The van der Waals surface area contributed by atoms with Crippen LogP contribution in [0.3, 0.4) is 0 Å². The van der Waals surface area contributed by atoms with Crippen LogP contribution in [0, 0.1) is 5.41 Å². The summed E-state index contributed by atoms with van der Waals surface area (Å²) in [5.74, 6) is -0.909. The lowest BCUT2D eigenvalue weighted by molar-refractivity contribution is -0.136. The standard InChI is InChI=1S/C40H38N6O8/c1-39(2,24-3-8-28(9-4-24)53-18-27-15-16-41-38(43-27)45-20-40(21-45)22-52-23-40)25-5-10-29(11-6-25)54-19-34(48)42-26-7-12-30-31(17-26)37(51)46(36(30)50)32-13-14-33(47)44-35(32)49/h3-12,15-17,32H,13-14,18-23H2,1-2H3,(H,42,48)(H,44,47,49). The molecule has 0 bridgehead atoms. The lowest BCUT2D eigenvalue weighted by atomic mass is 9.78. The second kappa shape index (κ2) is 13.7. The minimum absolute atomic E-state index is 0.0279. The summed E-state index contributed by atoms with van der Waals surface area (Å²) in [5.41, 5.74) is 3.39. The lowest BCUT2D eigenvalue weighted by Crippen LogP contribution is -2.66. The van der Waals surface area contributed by atoms with E-state index >= 15 is 0 Å². The Hall–Kier alpha value is -6.15. The third-order valence-electron chi connectivity index (χ3n) is 10.5. The van der Waals surface area contributed by atoms with Gasteiger partial charge >= 0.3 is 0 Å². The van der Waals surface area contributed by atoms with E-state index in [-0.39, 0.29) is 41.4 Å². The van der Waals surface area contributed by atoms with E-state index in [1.165, 1.54) is 18.2 Å². The van der Waals surface area contributed by atoms with Crippen LogP contribution in [-0.4, -0.2) is 83.4 Å². The van der Waals surface area contributed by atoms with Gasteiger partial charge in [-0.05, 0) is 66.1 Å². The van der Waals surface area contributed by atoms with Crippen molar-refractivity contribution in [2.75, 3.05) is 43.1 Å². The number of fused-ring (bicyclic) bond motifs is 1. The maximum Gasteiger partial charge on any atom is 0.262 e. The lowest BCUT2D eigenvalue weighted by Gasteiger charge is -2.54. The molecule has 8 rings (SSSR count). The molecule has 1 aromatic heterocycles. The number of imide groups is 2. The highest BCUT2D eigenvalue weighted by Crippen LogP contribution is 2.39. The number of anilines is 2. The van der Waals surface area contributed by atoms with Gasteiger partial charge in [-0.25, -0.2) is 9.97 Å². The summed E-state index contributed by atoms with van der Waals surface area (Å²) in [6, 6.07) is 20.7. The molecule has 1 atom stereocenters. The highest BCUT2D eigenvalue weighted by atomic mass is 16.5. The monoisotopic (exact) mass is 730 g/mol. The zero-order valence-electron chi connectivity index (χ0n) is 29.8. The van der Waals surface area contributed by atoms with Crippen LogP contribution >= 0.6 is 0 Å². The van der Waals surface area contributed by atoms with Crippen molar-refractivity contribution in [2.45, 2.75) is 44.8 Å². The minimum Gasteiger partial charge on any atom is -0.487 e. The third kappa shape index (κ3) is 6.64. The second-order valence-corrected chi connectivity index (χ2v) is 14.7. The van der Waals surface area contributed by atoms with Crippen molar-refractivity contribution in [2.24, 2.45) is 5.41 Å². The Balaban J connectivity index is 0.824. The van der Waals surface area contributed by atoms with E-state index in [1.54, 1.807) is 18.3 Å². The van der Waals surface area contributed by atoms with Crippen LogP contribution in [0.1, 0.15) is 64.2 Å². The van der Waals surface area contributed by atoms with Gasteiger partial charge in [0.05, 0.1) is 35.4 Å². The van der Waals surface area contributed by atoms with Crippen molar-refractivity contribution in [1.29, 1.82) is 0 Å². The zero-order chi connectivity index (χ0) is 37.6. The average molecular weight is 731 g/mol. The summed E-state index contributed by atoms with van der Waals surface area (Å²) >= 11 is 0. The minimum atomic E-state index is -1.07. The van der Waals surface area contributed by atoms with E-state index in [4.69, 9.17) is 19.2 Å². The number of nitrogens with one attached hydrogen (secondary N) is 2. The van der Waals surface area contributed by atoms with E-state index in [1.807, 2.05) is 42.5 Å². The molecule has 1 spiro atoms. The molecule has 5 heterocycles. The van der Waals surface area contributed by atoms with E-state index in [0.29, 0.717) is 18.0 Å². The molecule has 3 aromatic carbocycles. The van der Waals surface area contributed by atoms with E-state index < -0.39 is 35.6 Å². The molecule has 3 saturated heterocycles. The van der Waals surface area contributed by atoms with Crippen molar-refractivity contribution in [1.82, 2.24) is 20.2 Å². The summed E-state index contributed by atoms with van der Waals surface area (Å²) in [6.45, 7) is 7.77. The van der Waals surface area contributed by atoms with Crippen molar-refractivity contribution in [3.05, 3.63) is 107 Å². The fourth-order valence-electron chi connectivity index (χ4n) is 7.25. The van der Waals surface area contributed by atoms with Gasteiger partial charge in [-0.1, -0.05) is 38.1 Å². The Morgan fingerprint density at radius 2 is 1.57 bits per heavy atom. The molecule has 276 valence electrons. The SMILES string of the molecule is CC(C)(c1ccc(OCC(=O)Nc2ccc3c(c2)C(=O)N(C2CCC(=O)NC2=O)C3=O)cc1)c1ccc(OCc2ccnc(N3CC4(COC4)C3)n2)cc1. The molecule has 14 nitrogen and oxygen atoms in total. The van der Waals surface area contributed by atoms with Gasteiger partial charge in [-0.3, -0.25) is 34.2 Å².